The summed E-state index contributed by atoms with van der Waals surface area (Å²) < 4.78 is 0. The molecule has 2 nitrogen and oxygen atoms in total. The molecule has 0 amide bonds. The van der Waals surface area contributed by atoms with Crippen LogP contribution < -0.4 is 0 Å². The Hall–Kier alpha value is -0.560. The first kappa shape index (κ1) is 9.53. The lowest BCUT2D eigenvalue weighted by molar-refractivity contribution is 0.558. The van der Waals surface area contributed by atoms with Crippen LogP contribution in [-0.2, 0) is 4.79 Å². The maximum absolute atomic E-state index is 9.81. The van der Waals surface area contributed by atoms with Crippen LogP contribution in [0.5, 0.6) is 0 Å². The van der Waals surface area contributed by atoms with Crippen molar-refractivity contribution in [2.24, 2.45) is 10.9 Å². The number of halogens is 2. The monoisotopic (exact) mass is 203 g/mol. The Labute approximate surface area is 80.6 Å². The number of nitrogens with zero attached hydrogens (tertiary/aromatic N) is 1. The number of allylic oxidation sites excluding steroid dienone is 3. The first-order chi connectivity index (χ1) is 5.74. The molecule has 1 aliphatic rings. The normalized spacial score (nSPS) is 22.3. The zero-order chi connectivity index (χ0) is 8.97. The lowest BCUT2D eigenvalue weighted by atomic mass is 10.0. The maximum atomic E-state index is 9.81. The highest BCUT2D eigenvalue weighted by Gasteiger charge is 2.12. The summed E-state index contributed by atoms with van der Waals surface area (Å²) >= 11 is 11.5. The van der Waals surface area contributed by atoms with Crippen LogP contribution in [0.4, 0.5) is 0 Å². The van der Waals surface area contributed by atoms with Crippen molar-refractivity contribution >= 4 is 29.3 Å². The Bertz CT molecular complexity index is 277. The lowest BCUT2D eigenvalue weighted by Crippen LogP contribution is -2.03. The SMILES string of the molecule is O=C=NCC1C=C(Cl)C(Cl)=CC1. The third kappa shape index (κ3) is 2.49. The van der Waals surface area contributed by atoms with E-state index >= 15 is 0 Å². The molecule has 0 fully saturated rings. The Morgan fingerprint density at radius 2 is 2.33 bits per heavy atom. The average molecular weight is 204 g/mol. The molecule has 0 aliphatic heterocycles. The highest BCUT2D eigenvalue weighted by atomic mass is 35.5. The largest absolute Gasteiger partial charge is 0.234 e. The van der Waals surface area contributed by atoms with E-state index < -0.39 is 0 Å². The van der Waals surface area contributed by atoms with Crippen molar-refractivity contribution in [2.45, 2.75) is 6.42 Å². The molecule has 1 aliphatic carbocycles. The molecule has 0 saturated carbocycles. The summed E-state index contributed by atoms with van der Waals surface area (Å²) in [5, 5.41) is 1.11. The molecule has 0 N–H and O–H groups in total. The molecule has 0 saturated heterocycles. The van der Waals surface area contributed by atoms with Crippen molar-refractivity contribution in [1.82, 2.24) is 0 Å². The zero-order valence-electron chi connectivity index (χ0n) is 6.26. The van der Waals surface area contributed by atoms with E-state index in [1.54, 1.807) is 0 Å². The van der Waals surface area contributed by atoms with E-state index in [2.05, 4.69) is 4.99 Å². The number of isocyanates is 1. The fourth-order valence-electron chi connectivity index (χ4n) is 0.989. The van der Waals surface area contributed by atoms with Gasteiger partial charge in [0.05, 0.1) is 16.6 Å². The summed E-state index contributed by atoms with van der Waals surface area (Å²) in [7, 11) is 0. The Morgan fingerprint density at radius 3 is 2.92 bits per heavy atom. The molecule has 0 aromatic heterocycles. The average Bonchev–Trinajstić information content (AvgIpc) is 2.07. The second-order valence-corrected chi connectivity index (χ2v) is 3.31. The van der Waals surface area contributed by atoms with Gasteiger partial charge in [0.2, 0.25) is 6.08 Å². The van der Waals surface area contributed by atoms with Crippen LogP contribution in [0.1, 0.15) is 6.42 Å². The molecule has 1 unspecified atom stereocenters. The van der Waals surface area contributed by atoms with Gasteiger partial charge in [-0.05, 0) is 6.42 Å². The number of hydrogen-bond donors (Lipinski definition) is 0. The van der Waals surface area contributed by atoms with E-state index in [1.807, 2.05) is 12.2 Å². The summed E-state index contributed by atoms with van der Waals surface area (Å²) in [6, 6.07) is 0. The summed E-state index contributed by atoms with van der Waals surface area (Å²) in [6.07, 6.45) is 5.91. The minimum Gasteiger partial charge on any atom is -0.211 e. The molecule has 12 heavy (non-hydrogen) atoms. The first-order valence-corrected chi connectivity index (χ1v) is 4.26. The van der Waals surface area contributed by atoms with Gasteiger partial charge in [0.25, 0.3) is 0 Å². The number of carbonyl (C=O) groups excluding carboxylic acids is 1. The van der Waals surface area contributed by atoms with Crippen LogP contribution in [0.25, 0.3) is 0 Å². The number of hydrogen-bond acceptors (Lipinski definition) is 2. The quantitative estimate of drug-likeness (QED) is 0.502. The van der Waals surface area contributed by atoms with Gasteiger partial charge in [0.1, 0.15) is 0 Å². The predicted octanol–water partition coefficient (Wildman–Crippen LogP) is 2.59. The van der Waals surface area contributed by atoms with Crippen LogP contribution in [0, 0.1) is 5.92 Å². The predicted molar refractivity (Wildman–Crippen MR) is 49.0 cm³/mol. The molecular formula is C8H7Cl2NO. The summed E-state index contributed by atoms with van der Waals surface area (Å²) in [5.41, 5.74) is 0. The highest BCUT2D eigenvalue weighted by molar-refractivity contribution is 6.44. The van der Waals surface area contributed by atoms with Gasteiger partial charge in [-0.25, -0.2) is 9.79 Å². The smallest absolute Gasteiger partial charge is 0.211 e. The van der Waals surface area contributed by atoms with Crippen LogP contribution in [0.3, 0.4) is 0 Å². The first-order valence-electron chi connectivity index (χ1n) is 3.51. The molecule has 1 rings (SSSR count). The van der Waals surface area contributed by atoms with Crippen molar-refractivity contribution in [2.75, 3.05) is 6.54 Å². The van der Waals surface area contributed by atoms with Crippen molar-refractivity contribution in [1.29, 1.82) is 0 Å². The fourth-order valence-corrected chi connectivity index (χ4v) is 1.40. The summed E-state index contributed by atoms with van der Waals surface area (Å²) in [6.45, 7) is 0.431. The molecule has 0 aromatic carbocycles. The van der Waals surface area contributed by atoms with Crippen LogP contribution in [0.15, 0.2) is 27.2 Å². The van der Waals surface area contributed by atoms with Gasteiger partial charge in [-0.3, -0.25) is 0 Å². The summed E-state index contributed by atoms with van der Waals surface area (Å²) in [4.78, 5) is 13.3. The van der Waals surface area contributed by atoms with Gasteiger partial charge in [-0.15, -0.1) is 0 Å². The maximum Gasteiger partial charge on any atom is 0.234 e. The Morgan fingerprint density at radius 1 is 1.58 bits per heavy atom. The minimum atomic E-state index is 0.182. The molecule has 4 heteroatoms. The third-order valence-corrected chi connectivity index (χ3v) is 2.38. The fraction of sp³-hybridized carbons (Fsp3) is 0.375. The second-order valence-electron chi connectivity index (χ2n) is 2.49. The van der Waals surface area contributed by atoms with E-state index in [0.717, 1.165) is 6.42 Å². The van der Waals surface area contributed by atoms with Gasteiger partial charge in [0, 0.05) is 5.92 Å². The van der Waals surface area contributed by atoms with Crippen molar-refractivity contribution in [3.8, 4) is 0 Å². The molecule has 1 atom stereocenters. The molecule has 0 spiro atoms. The third-order valence-electron chi connectivity index (χ3n) is 1.60. The molecule has 64 valence electrons. The zero-order valence-corrected chi connectivity index (χ0v) is 7.77. The van der Waals surface area contributed by atoms with Gasteiger partial charge in [-0.1, -0.05) is 35.4 Å². The topological polar surface area (TPSA) is 29.4 Å². The number of rotatable bonds is 2. The van der Waals surface area contributed by atoms with E-state index in [9.17, 15) is 4.79 Å². The summed E-state index contributed by atoms with van der Waals surface area (Å²) in [5.74, 6) is 0.182. The highest BCUT2D eigenvalue weighted by Crippen LogP contribution is 2.28. The van der Waals surface area contributed by atoms with Crippen LogP contribution >= 0.6 is 23.2 Å². The van der Waals surface area contributed by atoms with E-state index in [4.69, 9.17) is 23.2 Å². The van der Waals surface area contributed by atoms with Gasteiger partial charge in [0.15, 0.2) is 0 Å². The molecule has 0 radical (unpaired) electrons. The van der Waals surface area contributed by atoms with Crippen LogP contribution in [-0.4, -0.2) is 12.6 Å². The Balaban J connectivity index is 2.59. The van der Waals surface area contributed by atoms with Crippen molar-refractivity contribution in [3.63, 3.8) is 0 Å². The van der Waals surface area contributed by atoms with Gasteiger partial charge >= 0.3 is 0 Å². The van der Waals surface area contributed by atoms with Crippen LogP contribution in [0.2, 0.25) is 0 Å². The van der Waals surface area contributed by atoms with E-state index in [0.29, 0.717) is 16.6 Å². The molecule has 0 heterocycles. The lowest BCUT2D eigenvalue weighted by Gasteiger charge is -2.12. The molecule has 0 aromatic rings. The number of aliphatic imine (C=N–C) groups is 1. The van der Waals surface area contributed by atoms with E-state index in [1.165, 1.54) is 6.08 Å². The van der Waals surface area contributed by atoms with Gasteiger partial charge < -0.3 is 0 Å². The minimum absolute atomic E-state index is 0.182. The van der Waals surface area contributed by atoms with E-state index in [-0.39, 0.29) is 5.92 Å². The Kier molecular flexibility index (Phi) is 3.54. The van der Waals surface area contributed by atoms with Gasteiger partial charge in [-0.2, -0.15) is 0 Å². The standard InChI is InChI=1S/C8H7Cl2NO/c9-7-2-1-6(3-8(7)10)4-11-5-12/h2-3,6H,1,4H2. The molecular weight excluding hydrogens is 197 g/mol. The molecule has 0 bridgehead atoms. The van der Waals surface area contributed by atoms with Crippen molar-refractivity contribution in [3.05, 3.63) is 22.2 Å². The second kappa shape index (κ2) is 4.46. The van der Waals surface area contributed by atoms with Crippen molar-refractivity contribution < 1.29 is 4.79 Å².